The van der Waals surface area contributed by atoms with Gasteiger partial charge in [0.1, 0.15) is 5.04 Å². The van der Waals surface area contributed by atoms with E-state index in [4.69, 9.17) is 5.73 Å². The molecule has 0 bridgehead atoms. The molecule has 0 aromatic carbocycles. The number of thioether (sulfide) groups is 1. The molecule has 2 N–H and O–H groups in total. The Balaban J connectivity index is 2.65. The van der Waals surface area contributed by atoms with Crippen molar-refractivity contribution >= 4 is 22.7 Å². The highest BCUT2D eigenvalue weighted by molar-refractivity contribution is 8.14. The van der Waals surface area contributed by atoms with Crippen LogP contribution in [0, 0.1) is 0 Å². The first-order valence-corrected chi connectivity index (χ1v) is 3.86. The Kier molecular flexibility index (Phi) is 2.11. The molecule has 3 nitrogen and oxygen atoms in total. The molecule has 1 amide bonds. The van der Waals surface area contributed by atoms with Gasteiger partial charge in [-0.2, -0.15) is 0 Å². The second-order valence-corrected chi connectivity index (χ2v) is 2.96. The minimum atomic E-state index is -0.479. The first kappa shape index (κ1) is 7.34. The molecule has 1 aliphatic heterocycles. The fourth-order valence-electron chi connectivity index (χ4n) is 0.623. The summed E-state index contributed by atoms with van der Waals surface area (Å²) in [5.74, 6) is 0.454. The van der Waals surface area contributed by atoms with Crippen LogP contribution in [0.5, 0.6) is 0 Å². The van der Waals surface area contributed by atoms with Crippen LogP contribution in [-0.2, 0) is 4.79 Å². The molecule has 4 heteroatoms. The van der Waals surface area contributed by atoms with Crippen molar-refractivity contribution < 1.29 is 4.79 Å². The zero-order chi connectivity index (χ0) is 7.56. The lowest BCUT2D eigenvalue weighted by Crippen LogP contribution is -2.17. The number of carbonyl (C=O) groups excluding carboxylic acids is 1. The second-order valence-electron chi connectivity index (χ2n) is 1.88. The third kappa shape index (κ3) is 1.39. The summed E-state index contributed by atoms with van der Waals surface area (Å²) in [6, 6.07) is 0. The van der Waals surface area contributed by atoms with Crippen LogP contribution in [0.2, 0.25) is 0 Å². The van der Waals surface area contributed by atoms with Crippen LogP contribution >= 0.6 is 11.8 Å². The van der Waals surface area contributed by atoms with E-state index in [0.717, 1.165) is 12.3 Å². The number of nitrogens with zero attached hydrogens (tertiary/aromatic N) is 1. The van der Waals surface area contributed by atoms with Crippen molar-refractivity contribution in [2.45, 2.75) is 0 Å². The molecule has 0 aromatic rings. The van der Waals surface area contributed by atoms with Gasteiger partial charge in [0.15, 0.2) is 0 Å². The molecule has 0 spiro atoms. The number of rotatable bonds is 2. The summed E-state index contributed by atoms with van der Waals surface area (Å²) >= 11 is 1.53. The van der Waals surface area contributed by atoms with Crippen molar-refractivity contribution in [3.63, 3.8) is 0 Å². The van der Waals surface area contributed by atoms with Gasteiger partial charge in [0.2, 0.25) is 0 Å². The number of nitrogens with two attached hydrogens (primary N) is 1. The smallest absolute Gasteiger partial charge is 0.250 e. The van der Waals surface area contributed by atoms with Crippen LogP contribution in [-0.4, -0.2) is 23.2 Å². The Labute approximate surface area is 63.4 Å². The van der Waals surface area contributed by atoms with E-state index in [1.165, 1.54) is 11.8 Å². The van der Waals surface area contributed by atoms with Gasteiger partial charge in [0, 0.05) is 12.3 Å². The number of carbonyl (C=O) groups is 1. The van der Waals surface area contributed by atoms with E-state index in [9.17, 15) is 4.79 Å². The zero-order valence-electron chi connectivity index (χ0n) is 5.46. The van der Waals surface area contributed by atoms with Gasteiger partial charge in [-0.15, -0.1) is 11.8 Å². The molecule has 0 unspecified atom stereocenters. The summed E-state index contributed by atoms with van der Waals surface area (Å²) in [6.45, 7) is 4.28. The van der Waals surface area contributed by atoms with Gasteiger partial charge in [-0.3, -0.25) is 9.79 Å². The maximum atomic E-state index is 10.5. The van der Waals surface area contributed by atoms with E-state index < -0.39 is 5.91 Å². The average molecular weight is 156 g/mol. The number of aliphatic imine (C=N–C) groups is 1. The molecule has 10 heavy (non-hydrogen) atoms. The van der Waals surface area contributed by atoms with Gasteiger partial charge in [-0.25, -0.2) is 0 Å². The van der Waals surface area contributed by atoms with Crippen molar-refractivity contribution in [1.82, 2.24) is 0 Å². The minimum absolute atomic E-state index is 0.336. The van der Waals surface area contributed by atoms with E-state index >= 15 is 0 Å². The third-order valence-electron chi connectivity index (χ3n) is 1.14. The van der Waals surface area contributed by atoms with Crippen LogP contribution in [0.1, 0.15) is 0 Å². The SMILES string of the molecule is C=C(C(N)=O)C1=NCCS1. The summed E-state index contributed by atoms with van der Waals surface area (Å²) < 4.78 is 0. The molecule has 54 valence electrons. The first-order valence-electron chi connectivity index (χ1n) is 2.88. The maximum Gasteiger partial charge on any atom is 0.250 e. The lowest BCUT2D eigenvalue weighted by Gasteiger charge is -1.96. The molecular formula is C6H8N2OS. The molecule has 0 radical (unpaired) electrons. The summed E-state index contributed by atoms with van der Waals surface area (Å²) in [4.78, 5) is 14.6. The summed E-state index contributed by atoms with van der Waals surface area (Å²) in [7, 11) is 0. The molecule has 1 heterocycles. The maximum absolute atomic E-state index is 10.5. The standard InChI is InChI=1S/C6H8N2OS/c1-4(5(7)9)6-8-2-3-10-6/h1-3H2,(H2,7,9). The van der Waals surface area contributed by atoms with E-state index in [0.29, 0.717) is 10.6 Å². The predicted octanol–water partition coefficient (Wildman–Crippen LogP) is 0.173. The first-order chi connectivity index (χ1) is 4.72. The summed E-state index contributed by atoms with van der Waals surface area (Å²) in [5.41, 5.74) is 5.32. The molecule has 0 fully saturated rings. The fraction of sp³-hybridized carbons (Fsp3) is 0.333. The van der Waals surface area contributed by atoms with Crippen molar-refractivity contribution in [3.05, 3.63) is 12.2 Å². The Morgan fingerprint density at radius 1 is 1.80 bits per heavy atom. The van der Waals surface area contributed by atoms with Crippen molar-refractivity contribution in [2.24, 2.45) is 10.7 Å². The number of primary amides is 1. The lowest BCUT2D eigenvalue weighted by atomic mass is 10.3. The van der Waals surface area contributed by atoms with Crippen LogP contribution in [0.15, 0.2) is 17.1 Å². The molecule has 0 atom stereocenters. The topological polar surface area (TPSA) is 55.5 Å². The normalized spacial score (nSPS) is 16.6. The van der Waals surface area contributed by atoms with Crippen molar-refractivity contribution in [2.75, 3.05) is 12.3 Å². The van der Waals surface area contributed by atoms with Gasteiger partial charge in [-0.05, 0) is 0 Å². The monoisotopic (exact) mass is 156 g/mol. The highest BCUT2D eigenvalue weighted by Crippen LogP contribution is 2.16. The Morgan fingerprint density at radius 2 is 2.50 bits per heavy atom. The number of hydrogen-bond acceptors (Lipinski definition) is 3. The lowest BCUT2D eigenvalue weighted by molar-refractivity contribution is -0.114. The average Bonchev–Trinajstić information content (AvgIpc) is 2.36. The van der Waals surface area contributed by atoms with Crippen LogP contribution in [0.3, 0.4) is 0 Å². The van der Waals surface area contributed by atoms with Gasteiger partial charge in [0.05, 0.1) is 5.57 Å². The molecule has 1 aliphatic rings. The van der Waals surface area contributed by atoms with Gasteiger partial charge < -0.3 is 5.73 Å². The second kappa shape index (κ2) is 2.88. The highest BCUT2D eigenvalue weighted by atomic mass is 32.2. The number of amides is 1. The number of hydrogen-bond donors (Lipinski definition) is 1. The van der Waals surface area contributed by atoms with E-state index in [1.807, 2.05) is 0 Å². The summed E-state index contributed by atoms with van der Waals surface area (Å²) in [5, 5.41) is 0.701. The molecule has 0 saturated carbocycles. The van der Waals surface area contributed by atoms with E-state index in [1.54, 1.807) is 0 Å². The molecular weight excluding hydrogens is 148 g/mol. The predicted molar refractivity (Wildman–Crippen MR) is 43.1 cm³/mol. The third-order valence-corrected chi connectivity index (χ3v) is 2.18. The minimum Gasteiger partial charge on any atom is -0.366 e. The van der Waals surface area contributed by atoms with Crippen molar-refractivity contribution in [3.8, 4) is 0 Å². The highest BCUT2D eigenvalue weighted by Gasteiger charge is 2.13. The Bertz CT molecular complexity index is 210. The van der Waals surface area contributed by atoms with Crippen LogP contribution in [0.25, 0.3) is 0 Å². The zero-order valence-corrected chi connectivity index (χ0v) is 6.28. The molecule has 0 aromatic heterocycles. The fourth-order valence-corrected chi connectivity index (χ4v) is 1.46. The van der Waals surface area contributed by atoms with Crippen LogP contribution < -0.4 is 5.73 Å². The molecule has 1 rings (SSSR count). The van der Waals surface area contributed by atoms with Crippen molar-refractivity contribution in [1.29, 1.82) is 0 Å². The van der Waals surface area contributed by atoms with Gasteiger partial charge >= 0.3 is 0 Å². The van der Waals surface area contributed by atoms with Crippen LogP contribution in [0.4, 0.5) is 0 Å². The largest absolute Gasteiger partial charge is 0.366 e. The van der Waals surface area contributed by atoms with Gasteiger partial charge in [-0.1, -0.05) is 6.58 Å². The molecule has 0 aliphatic carbocycles. The molecule has 0 saturated heterocycles. The summed E-state index contributed by atoms with van der Waals surface area (Å²) in [6.07, 6.45) is 0. The van der Waals surface area contributed by atoms with E-state index in [2.05, 4.69) is 11.6 Å². The van der Waals surface area contributed by atoms with Gasteiger partial charge in [0.25, 0.3) is 5.91 Å². The quantitative estimate of drug-likeness (QED) is 0.579. The van der Waals surface area contributed by atoms with E-state index in [-0.39, 0.29) is 0 Å². The Morgan fingerprint density at radius 3 is 2.90 bits per heavy atom. The Hall–Kier alpha value is -0.770.